The molecular formula is C24H23F3N4O2. The number of anilines is 2. The quantitative estimate of drug-likeness (QED) is 0.612. The standard InChI is InChI=1S/C24H23F3N4O2/c25-24(26,27)18-9-11-21(30-13-5-2-6-14-30)20(15-18)28-23(33)19-10-12-22(32)31(29-19)16-17-7-3-1-4-8-17/h1,3-4,7-12,15H,2,5-6,13-14,16H2,(H,28,33). The van der Waals surface area contributed by atoms with E-state index in [4.69, 9.17) is 0 Å². The average molecular weight is 456 g/mol. The van der Waals surface area contributed by atoms with Gasteiger partial charge in [-0.25, -0.2) is 4.68 Å². The summed E-state index contributed by atoms with van der Waals surface area (Å²) in [5.74, 6) is -0.686. The number of nitrogens with one attached hydrogen (secondary N) is 1. The molecule has 0 spiro atoms. The topological polar surface area (TPSA) is 67.2 Å². The lowest BCUT2D eigenvalue weighted by molar-refractivity contribution is -0.137. The van der Waals surface area contributed by atoms with Gasteiger partial charge < -0.3 is 10.2 Å². The highest BCUT2D eigenvalue weighted by atomic mass is 19.4. The molecule has 9 heteroatoms. The molecule has 0 atom stereocenters. The van der Waals surface area contributed by atoms with Crippen LogP contribution >= 0.6 is 0 Å². The summed E-state index contributed by atoms with van der Waals surface area (Å²) in [4.78, 5) is 27.1. The molecule has 1 aromatic heterocycles. The minimum Gasteiger partial charge on any atom is -0.370 e. The van der Waals surface area contributed by atoms with E-state index in [1.54, 1.807) is 0 Å². The van der Waals surface area contributed by atoms with E-state index in [9.17, 15) is 22.8 Å². The lowest BCUT2D eigenvalue weighted by Gasteiger charge is -2.31. The number of hydrogen-bond donors (Lipinski definition) is 1. The number of piperidine rings is 1. The van der Waals surface area contributed by atoms with Crippen molar-refractivity contribution in [2.45, 2.75) is 32.0 Å². The van der Waals surface area contributed by atoms with Gasteiger partial charge in [-0.15, -0.1) is 0 Å². The number of rotatable bonds is 5. The molecule has 1 saturated heterocycles. The van der Waals surface area contributed by atoms with E-state index in [0.717, 1.165) is 41.6 Å². The van der Waals surface area contributed by atoms with Gasteiger partial charge in [-0.2, -0.15) is 18.3 Å². The Hall–Kier alpha value is -3.62. The van der Waals surface area contributed by atoms with Gasteiger partial charge in [0, 0.05) is 19.2 Å². The van der Waals surface area contributed by atoms with Crippen LogP contribution in [0.15, 0.2) is 65.5 Å². The van der Waals surface area contributed by atoms with Gasteiger partial charge in [0.2, 0.25) is 0 Å². The summed E-state index contributed by atoms with van der Waals surface area (Å²) in [5, 5.41) is 6.72. The zero-order valence-electron chi connectivity index (χ0n) is 17.8. The Morgan fingerprint density at radius 3 is 2.39 bits per heavy atom. The normalized spacial score (nSPS) is 14.2. The SMILES string of the molecule is O=C(Nc1cc(C(F)(F)F)ccc1N1CCCCC1)c1ccc(=O)n(Cc2ccccc2)n1. The van der Waals surface area contributed by atoms with E-state index < -0.39 is 17.6 Å². The van der Waals surface area contributed by atoms with Crippen LogP contribution in [0.3, 0.4) is 0 Å². The summed E-state index contributed by atoms with van der Waals surface area (Å²) in [7, 11) is 0. The van der Waals surface area contributed by atoms with Gasteiger partial charge in [0.1, 0.15) is 5.69 Å². The number of benzene rings is 2. The van der Waals surface area contributed by atoms with Gasteiger partial charge in [-0.3, -0.25) is 9.59 Å². The molecule has 1 fully saturated rings. The highest BCUT2D eigenvalue weighted by molar-refractivity contribution is 6.04. The number of carbonyl (C=O) groups excluding carboxylic acids is 1. The Morgan fingerprint density at radius 2 is 1.70 bits per heavy atom. The fourth-order valence-corrected chi connectivity index (χ4v) is 3.85. The minimum atomic E-state index is -4.54. The fraction of sp³-hybridized carbons (Fsp3) is 0.292. The molecule has 33 heavy (non-hydrogen) atoms. The van der Waals surface area contributed by atoms with E-state index in [2.05, 4.69) is 10.4 Å². The number of hydrogen-bond acceptors (Lipinski definition) is 4. The van der Waals surface area contributed by atoms with E-state index in [-0.39, 0.29) is 23.5 Å². The van der Waals surface area contributed by atoms with Crippen LogP contribution in [0.1, 0.15) is 40.9 Å². The van der Waals surface area contributed by atoms with E-state index >= 15 is 0 Å². The molecular weight excluding hydrogens is 433 g/mol. The Labute approximate surface area is 188 Å². The van der Waals surface area contributed by atoms with Crippen molar-refractivity contribution in [1.29, 1.82) is 0 Å². The van der Waals surface area contributed by atoms with Crippen molar-refractivity contribution in [3.05, 3.63) is 87.8 Å². The highest BCUT2D eigenvalue weighted by Crippen LogP contribution is 2.36. The van der Waals surface area contributed by atoms with Crippen molar-refractivity contribution in [1.82, 2.24) is 9.78 Å². The fourth-order valence-electron chi connectivity index (χ4n) is 3.85. The summed E-state index contributed by atoms with van der Waals surface area (Å²) in [5.41, 5.74) is 0.138. The lowest BCUT2D eigenvalue weighted by Crippen LogP contribution is -2.31. The maximum atomic E-state index is 13.3. The van der Waals surface area contributed by atoms with Gasteiger partial charge >= 0.3 is 6.18 Å². The van der Waals surface area contributed by atoms with E-state index in [0.29, 0.717) is 18.8 Å². The van der Waals surface area contributed by atoms with Crippen LogP contribution in [0.4, 0.5) is 24.5 Å². The summed E-state index contributed by atoms with van der Waals surface area (Å²) in [6.45, 7) is 1.58. The van der Waals surface area contributed by atoms with Gasteiger partial charge in [0.25, 0.3) is 11.5 Å². The second kappa shape index (κ2) is 9.48. The largest absolute Gasteiger partial charge is 0.416 e. The zero-order valence-corrected chi connectivity index (χ0v) is 17.8. The van der Waals surface area contributed by atoms with Crippen molar-refractivity contribution in [2.24, 2.45) is 0 Å². The number of carbonyl (C=O) groups is 1. The Bertz CT molecular complexity index is 1190. The van der Waals surface area contributed by atoms with Gasteiger partial charge in [0.15, 0.2) is 0 Å². The molecule has 2 heterocycles. The molecule has 172 valence electrons. The number of halogens is 3. The predicted octanol–water partition coefficient (Wildman–Crippen LogP) is 4.55. The first-order valence-corrected chi connectivity index (χ1v) is 10.7. The van der Waals surface area contributed by atoms with Gasteiger partial charge in [-0.05, 0) is 49.1 Å². The second-order valence-electron chi connectivity index (χ2n) is 7.93. The van der Waals surface area contributed by atoms with Crippen LogP contribution in [-0.4, -0.2) is 28.8 Å². The van der Waals surface area contributed by atoms with E-state index in [1.165, 1.54) is 18.2 Å². The van der Waals surface area contributed by atoms with Crippen molar-refractivity contribution in [2.75, 3.05) is 23.3 Å². The molecule has 0 saturated carbocycles. The first-order chi connectivity index (χ1) is 15.8. The second-order valence-corrected chi connectivity index (χ2v) is 7.93. The third-order valence-electron chi connectivity index (χ3n) is 5.54. The van der Waals surface area contributed by atoms with Gasteiger partial charge in [-0.1, -0.05) is 30.3 Å². The van der Waals surface area contributed by atoms with Crippen molar-refractivity contribution in [3.63, 3.8) is 0 Å². The molecule has 1 N–H and O–H groups in total. The van der Waals surface area contributed by atoms with E-state index in [1.807, 2.05) is 35.2 Å². The first-order valence-electron chi connectivity index (χ1n) is 10.7. The summed E-state index contributed by atoms with van der Waals surface area (Å²) in [6.07, 6.45) is -1.62. The van der Waals surface area contributed by atoms with Crippen LogP contribution in [-0.2, 0) is 12.7 Å². The molecule has 1 aliphatic heterocycles. The number of alkyl halides is 3. The molecule has 6 nitrogen and oxygen atoms in total. The van der Waals surface area contributed by atoms with Crippen LogP contribution in [0, 0.1) is 0 Å². The molecule has 4 rings (SSSR count). The molecule has 0 radical (unpaired) electrons. The monoisotopic (exact) mass is 456 g/mol. The first kappa shape index (κ1) is 22.6. The third kappa shape index (κ3) is 5.42. The molecule has 0 bridgehead atoms. The molecule has 0 aliphatic carbocycles. The third-order valence-corrected chi connectivity index (χ3v) is 5.54. The molecule has 3 aromatic rings. The van der Waals surface area contributed by atoms with Crippen LogP contribution < -0.4 is 15.8 Å². The Morgan fingerprint density at radius 1 is 0.970 bits per heavy atom. The van der Waals surface area contributed by atoms with Crippen LogP contribution in [0.2, 0.25) is 0 Å². The number of amides is 1. The molecule has 1 amide bonds. The smallest absolute Gasteiger partial charge is 0.370 e. The Balaban J connectivity index is 1.63. The van der Waals surface area contributed by atoms with Crippen LogP contribution in [0.25, 0.3) is 0 Å². The summed E-state index contributed by atoms with van der Waals surface area (Å²) in [6, 6.07) is 15.0. The molecule has 2 aromatic carbocycles. The minimum absolute atomic E-state index is 0.0625. The number of aromatic nitrogens is 2. The average Bonchev–Trinajstić information content (AvgIpc) is 2.81. The maximum Gasteiger partial charge on any atom is 0.416 e. The molecule has 1 aliphatic rings. The van der Waals surface area contributed by atoms with Crippen LogP contribution in [0.5, 0.6) is 0 Å². The molecule has 0 unspecified atom stereocenters. The zero-order chi connectivity index (χ0) is 23.4. The summed E-state index contributed by atoms with van der Waals surface area (Å²) >= 11 is 0. The van der Waals surface area contributed by atoms with Crippen molar-refractivity contribution < 1.29 is 18.0 Å². The van der Waals surface area contributed by atoms with Crippen molar-refractivity contribution >= 4 is 17.3 Å². The maximum absolute atomic E-state index is 13.3. The number of nitrogens with zero attached hydrogens (tertiary/aromatic N) is 3. The predicted molar refractivity (Wildman–Crippen MR) is 120 cm³/mol. The summed E-state index contributed by atoms with van der Waals surface area (Å²) < 4.78 is 41.1. The Kier molecular flexibility index (Phi) is 6.48. The lowest BCUT2D eigenvalue weighted by atomic mass is 10.1. The van der Waals surface area contributed by atoms with Crippen molar-refractivity contribution in [3.8, 4) is 0 Å². The van der Waals surface area contributed by atoms with Gasteiger partial charge in [0.05, 0.1) is 23.5 Å². The highest BCUT2D eigenvalue weighted by Gasteiger charge is 2.32.